The fourth-order valence-electron chi connectivity index (χ4n) is 1.37. The summed E-state index contributed by atoms with van der Waals surface area (Å²) in [6.45, 7) is 1.98. The highest BCUT2D eigenvalue weighted by Crippen LogP contribution is 2.26. The van der Waals surface area contributed by atoms with Crippen LogP contribution in [0.2, 0.25) is 0 Å². The highest BCUT2D eigenvalue weighted by molar-refractivity contribution is 9.10. The molecular weight excluding hydrogens is 258 g/mol. The number of aliphatic carboxylic acids is 1. The second-order valence-corrected chi connectivity index (χ2v) is 3.89. The number of nitriles is 1. The van der Waals surface area contributed by atoms with Gasteiger partial charge in [0.1, 0.15) is 0 Å². The van der Waals surface area contributed by atoms with Crippen molar-refractivity contribution < 1.29 is 9.90 Å². The van der Waals surface area contributed by atoms with Crippen LogP contribution in [0, 0.1) is 11.3 Å². The van der Waals surface area contributed by atoms with Gasteiger partial charge in [-0.05, 0) is 23.6 Å². The van der Waals surface area contributed by atoms with Crippen LogP contribution in [0.1, 0.15) is 23.6 Å². The maximum atomic E-state index is 10.7. The summed E-state index contributed by atoms with van der Waals surface area (Å²) in [6, 6.07) is 5.51. The molecule has 0 saturated carbocycles. The number of hydrogen-bond acceptors (Lipinski definition) is 2. The van der Waals surface area contributed by atoms with Crippen LogP contribution in [0.5, 0.6) is 0 Å². The van der Waals surface area contributed by atoms with Gasteiger partial charge in [-0.25, -0.2) is 0 Å². The van der Waals surface area contributed by atoms with Gasteiger partial charge in [0.15, 0.2) is 0 Å². The molecule has 0 atom stereocenters. The van der Waals surface area contributed by atoms with Crippen LogP contribution in [-0.4, -0.2) is 11.1 Å². The molecule has 0 aliphatic carbocycles. The second kappa shape index (κ2) is 4.94. The lowest BCUT2D eigenvalue weighted by atomic mass is 10.0. The van der Waals surface area contributed by atoms with E-state index in [-0.39, 0.29) is 6.42 Å². The average molecular weight is 268 g/mol. The molecule has 0 heterocycles. The van der Waals surface area contributed by atoms with Gasteiger partial charge in [0.05, 0.1) is 18.1 Å². The Hall–Kier alpha value is -1.34. The number of nitrogens with zero attached hydrogens (tertiary/aromatic N) is 1. The molecule has 0 spiro atoms. The van der Waals surface area contributed by atoms with Crippen molar-refractivity contribution in [2.45, 2.75) is 19.8 Å². The minimum absolute atomic E-state index is 0.128. The molecule has 78 valence electrons. The Labute approximate surface area is 96.5 Å². The summed E-state index contributed by atoms with van der Waals surface area (Å²) in [6.07, 6.45) is 0.677. The molecule has 0 saturated heterocycles. The van der Waals surface area contributed by atoms with Gasteiger partial charge in [0.2, 0.25) is 0 Å². The summed E-state index contributed by atoms with van der Waals surface area (Å²) in [4.78, 5) is 10.7. The summed E-state index contributed by atoms with van der Waals surface area (Å²) in [5.74, 6) is -0.930. The van der Waals surface area contributed by atoms with Crippen LogP contribution in [0.3, 0.4) is 0 Å². The number of carboxylic acid groups (broad SMARTS) is 1. The minimum atomic E-state index is -0.930. The first kappa shape index (κ1) is 11.7. The SMILES string of the molecule is CCc1ccc(C#N)c(CC(=O)O)c1Br. The fraction of sp³-hybridized carbons (Fsp3) is 0.273. The monoisotopic (exact) mass is 267 g/mol. The normalized spacial score (nSPS) is 9.67. The molecule has 0 amide bonds. The van der Waals surface area contributed by atoms with Crippen molar-refractivity contribution in [2.24, 2.45) is 0 Å². The fourth-order valence-corrected chi connectivity index (χ4v) is 2.14. The quantitative estimate of drug-likeness (QED) is 0.916. The Morgan fingerprint density at radius 1 is 1.60 bits per heavy atom. The second-order valence-electron chi connectivity index (χ2n) is 3.10. The van der Waals surface area contributed by atoms with E-state index in [4.69, 9.17) is 10.4 Å². The van der Waals surface area contributed by atoms with E-state index in [0.29, 0.717) is 11.1 Å². The third-order valence-corrected chi connectivity index (χ3v) is 3.14. The highest BCUT2D eigenvalue weighted by atomic mass is 79.9. The van der Waals surface area contributed by atoms with E-state index in [2.05, 4.69) is 15.9 Å². The average Bonchev–Trinajstić information content (AvgIpc) is 2.20. The zero-order chi connectivity index (χ0) is 11.4. The van der Waals surface area contributed by atoms with Crippen LogP contribution in [0.25, 0.3) is 0 Å². The summed E-state index contributed by atoms with van der Waals surface area (Å²) in [5, 5.41) is 17.6. The summed E-state index contributed by atoms with van der Waals surface area (Å²) in [5.41, 5.74) is 2.00. The predicted octanol–water partition coefficient (Wildman–Crippen LogP) is 2.51. The van der Waals surface area contributed by atoms with E-state index in [1.165, 1.54) is 0 Å². The van der Waals surface area contributed by atoms with Crippen molar-refractivity contribution in [3.8, 4) is 6.07 Å². The molecule has 0 bridgehead atoms. The third kappa shape index (κ3) is 2.57. The van der Waals surface area contributed by atoms with Crippen molar-refractivity contribution in [1.29, 1.82) is 5.26 Å². The maximum Gasteiger partial charge on any atom is 0.307 e. The van der Waals surface area contributed by atoms with Crippen LogP contribution >= 0.6 is 15.9 Å². The molecule has 1 aromatic rings. The molecule has 0 aromatic heterocycles. The van der Waals surface area contributed by atoms with E-state index in [0.717, 1.165) is 16.5 Å². The number of benzene rings is 1. The van der Waals surface area contributed by atoms with E-state index in [1.54, 1.807) is 6.07 Å². The zero-order valence-corrected chi connectivity index (χ0v) is 9.84. The molecular formula is C11H10BrNO2. The molecule has 0 aliphatic heterocycles. The first-order valence-corrected chi connectivity index (χ1v) is 5.31. The standard InChI is InChI=1S/C11H10BrNO2/c1-2-7-3-4-8(6-13)9(11(7)12)5-10(14)15/h3-4H,2,5H2,1H3,(H,14,15). The van der Waals surface area contributed by atoms with Crippen molar-refractivity contribution in [1.82, 2.24) is 0 Å². The van der Waals surface area contributed by atoms with Crippen LogP contribution < -0.4 is 0 Å². The topological polar surface area (TPSA) is 61.1 Å². The summed E-state index contributed by atoms with van der Waals surface area (Å²) >= 11 is 3.35. The Kier molecular flexibility index (Phi) is 3.87. The van der Waals surface area contributed by atoms with E-state index >= 15 is 0 Å². The Balaban J connectivity index is 3.30. The number of hydrogen-bond donors (Lipinski definition) is 1. The number of rotatable bonds is 3. The number of carbonyl (C=O) groups is 1. The van der Waals surface area contributed by atoms with Gasteiger partial charge in [-0.3, -0.25) is 4.79 Å². The predicted molar refractivity (Wildman–Crippen MR) is 59.6 cm³/mol. The highest BCUT2D eigenvalue weighted by Gasteiger charge is 2.13. The third-order valence-electron chi connectivity index (χ3n) is 2.15. The van der Waals surface area contributed by atoms with Gasteiger partial charge < -0.3 is 5.11 Å². The first-order valence-electron chi connectivity index (χ1n) is 4.52. The Morgan fingerprint density at radius 2 is 2.27 bits per heavy atom. The molecule has 3 nitrogen and oxygen atoms in total. The van der Waals surface area contributed by atoms with Crippen molar-refractivity contribution in [3.05, 3.63) is 33.3 Å². The van der Waals surface area contributed by atoms with E-state index < -0.39 is 5.97 Å². The van der Waals surface area contributed by atoms with E-state index in [1.807, 2.05) is 19.1 Å². The van der Waals surface area contributed by atoms with Crippen molar-refractivity contribution >= 4 is 21.9 Å². The largest absolute Gasteiger partial charge is 0.481 e. The first-order chi connectivity index (χ1) is 7.10. The lowest BCUT2D eigenvalue weighted by molar-refractivity contribution is -0.136. The number of aryl methyl sites for hydroxylation is 1. The Bertz CT molecular complexity index is 435. The number of halogens is 1. The van der Waals surface area contributed by atoms with Gasteiger partial charge >= 0.3 is 5.97 Å². The zero-order valence-electron chi connectivity index (χ0n) is 8.25. The minimum Gasteiger partial charge on any atom is -0.481 e. The van der Waals surface area contributed by atoms with Gasteiger partial charge in [-0.15, -0.1) is 0 Å². The van der Waals surface area contributed by atoms with Crippen molar-refractivity contribution in [2.75, 3.05) is 0 Å². The number of carboxylic acids is 1. The molecule has 1 N–H and O–H groups in total. The van der Waals surface area contributed by atoms with Crippen LogP contribution in [0.15, 0.2) is 16.6 Å². The van der Waals surface area contributed by atoms with Gasteiger partial charge in [-0.2, -0.15) is 5.26 Å². The Morgan fingerprint density at radius 3 is 2.73 bits per heavy atom. The van der Waals surface area contributed by atoms with Gasteiger partial charge in [-0.1, -0.05) is 28.9 Å². The molecule has 0 aliphatic rings. The summed E-state index contributed by atoms with van der Waals surface area (Å²) < 4.78 is 0.742. The molecule has 0 unspecified atom stereocenters. The van der Waals surface area contributed by atoms with Crippen LogP contribution in [-0.2, 0) is 17.6 Å². The molecule has 0 radical (unpaired) electrons. The lowest BCUT2D eigenvalue weighted by Gasteiger charge is -2.08. The van der Waals surface area contributed by atoms with E-state index in [9.17, 15) is 4.79 Å². The van der Waals surface area contributed by atoms with Crippen molar-refractivity contribution in [3.63, 3.8) is 0 Å². The molecule has 4 heteroatoms. The molecule has 1 rings (SSSR count). The summed E-state index contributed by atoms with van der Waals surface area (Å²) in [7, 11) is 0. The molecule has 1 aromatic carbocycles. The van der Waals surface area contributed by atoms with Crippen LogP contribution in [0.4, 0.5) is 0 Å². The lowest BCUT2D eigenvalue weighted by Crippen LogP contribution is -2.04. The van der Waals surface area contributed by atoms with Gasteiger partial charge in [0, 0.05) is 4.47 Å². The van der Waals surface area contributed by atoms with Gasteiger partial charge in [0.25, 0.3) is 0 Å². The smallest absolute Gasteiger partial charge is 0.307 e. The molecule has 15 heavy (non-hydrogen) atoms. The maximum absolute atomic E-state index is 10.7. The molecule has 0 fully saturated rings.